The molecule has 0 aromatic rings. The molecule has 44 valence electrons. The molecule has 0 atom stereocenters. The zero-order chi connectivity index (χ0) is 6.57. The Morgan fingerprint density at radius 1 is 1.62 bits per heavy atom. The molecule has 0 aromatic carbocycles. The normalized spacial score (nSPS) is 9.75. The lowest BCUT2D eigenvalue weighted by Crippen LogP contribution is -1.88. The molecular weight excluding hydrogens is 98.1 g/mol. The van der Waals surface area contributed by atoms with Crippen molar-refractivity contribution in [3.8, 4) is 0 Å². The monoisotopic (exact) mass is 109 g/mol. The van der Waals surface area contributed by atoms with Crippen LogP contribution in [0.2, 0.25) is 0 Å². The van der Waals surface area contributed by atoms with Crippen LogP contribution in [0.3, 0.4) is 0 Å². The summed E-state index contributed by atoms with van der Waals surface area (Å²) in [7, 11) is 0. The molecule has 0 bridgehead atoms. The van der Waals surface area contributed by atoms with Crippen molar-refractivity contribution < 1.29 is 0 Å². The van der Waals surface area contributed by atoms with E-state index in [1.54, 1.807) is 6.08 Å². The molecule has 1 heteroatoms. The minimum absolute atomic E-state index is 0.507. The molecule has 0 aliphatic carbocycles. The molecule has 0 saturated heterocycles. The van der Waals surface area contributed by atoms with E-state index in [0.717, 1.165) is 5.57 Å². The maximum absolute atomic E-state index is 7.16. The van der Waals surface area contributed by atoms with Crippen LogP contribution in [0, 0.1) is 5.41 Å². The van der Waals surface area contributed by atoms with Crippen molar-refractivity contribution in [2.45, 2.75) is 13.8 Å². The van der Waals surface area contributed by atoms with E-state index in [2.05, 4.69) is 6.58 Å². The van der Waals surface area contributed by atoms with Crippen molar-refractivity contribution in [1.29, 1.82) is 5.41 Å². The van der Waals surface area contributed by atoms with Gasteiger partial charge < -0.3 is 5.41 Å². The van der Waals surface area contributed by atoms with Gasteiger partial charge in [0.15, 0.2) is 0 Å². The molecule has 8 heavy (non-hydrogen) atoms. The van der Waals surface area contributed by atoms with Gasteiger partial charge in [-0.05, 0) is 25.5 Å². The van der Waals surface area contributed by atoms with Crippen molar-refractivity contribution in [3.05, 3.63) is 24.3 Å². The average Bonchev–Trinajstić information content (AvgIpc) is 1.67. The summed E-state index contributed by atoms with van der Waals surface area (Å²) >= 11 is 0. The molecule has 0 aliphatic heterocycles. The third-order valence-corrected chi connectivity index (χ3v) is 0.793. The number of allylic oxidation sites excluding steroid dienone is 3. The Hall–Kier alpha value is -0.850. The Balaban J connectivity index is 3.85. The summed E-state index contributed by atoms with van der Waals surface area (Å²) in [6.45, 7) is 7.31. The van der Waals surface area contributed by atoms with Crippen LogP contribution in [0.5, 0.6) is 0 Å². The van der Waals surface area contributed by atoms with E-state index in [1.807, 2.05) is 19.9 Å². The molecule has 0 fully saturated rings. The second kappa shape index (κ2) is 3.19. The van der Waals surface area contributed by atoms with Gasteiger partial charge in [0.25, 0.3) is 0 Å². The van der Waals surface area contributed by atoms with Crippen LogP contribution >= 0.6 is 0 Å². The molecule has 0 amide bonds. The van der Waals surface area contributed by atoms with E-state index < -0.39 is 0 Å². The Morgan fingerprint density at radius 2 is 2.12 bits per heavy atom. The summed E-state index contributed by atoms with van der Waals surface area (Å²) in [5, 5.41) is 7.16. The largest absolute Gasteiger partial charge is 0.301 e. The van der Waals surface area contributed by atoms with Crippen LogP contribution < -0.4 is 0 Å². The van der Waals surface area contributed by atoms with Gasteiger partial charge in [-0.1, -0.05) is 12.7 Å². The summed E-state index contributed by atoms with van der Waals surface area (Å²) in [6.07, 6.45) is 3.55. The van der Waals surface area contributed by atoms with Gasteiger partial charge in [-0.15, -0.1) is 0 Å². The number of hydrogen-bond acceptors (Lipinski definition) is 1. The Bertz CT molecular complexity index is 131. The van der Waals surface area contributed by atoms with Gasteiger partial charge in [0, 0.05) is 0 Å². The fourth-order valence-electron chi connectivity index (χ4n) is 0.309. The molecule has 0 heterocycles. The van der Waals surface area contributed by atoms with Crippen molar-refractivity contribution in [1.82, 2.24) is 0 Å². The Kier molecular flexibility index (Phi) is 2.85. The fourth-order valence-corrected chi connectivity index (χ4v) is 0.309. The third-order valence-electron chi connectivity index (χ3n) is 0.793. The standard InChI is InChI=1S/C7H11N/c1-4-5-7(8)6(2)3/h4-5,8H,2H2,1,3H3/b5-4+,8-7?. The predicted octanol–water partition coefficient (Wildman–Crippen LogP) is 2.16. The highest BCUT2D eigenvalue weighted by atomic mass is 14.4. The topological polar surface area (TPSA) is 23.9 Å². The van der Waals surface area contributed by atoms with Crippen molar-refractivity contribution in [3.63, 3.8) is 0 Å². The predicted molar refractivity (Wildman–Crippen MR) is 37.4 cm³/mol. The molecule has 0 saturated carbocycles. The second-order valence-corrected chi connectivity index (χ2v) is 1.69. The Morgan fingerprint density at radius 3 is 2.25 bits per heavy atom. The summed E-state index contributed by atoms with van der Waals surface area (Å²) in [4.78, 5) is 0. The molecule has 0 spiro atoms. The van der Waals surface area contributed by atoms with E-state index in [-0.39, 0.29) is 0 Å². The first-order valence-electron chi connectivity index (χ1n) is 2.55. The fraction of sp³-hybridized carbons (Fsp3) is 0.286. The van der Waals surface area contributed by atoms with E-state index >= 15 is 0 Å². The molecule has 0 unspecified atom stereocenters. The zero-order valence-corrected chi connectivity index (χ0v) is 5.36. The van der Waals surface area contributed by atoms with Gasteiger partial charge in [0.1, 0.15) is 0 Å². The highest BCUT2D eigenvalue weighted by molar-refractivity contribution is 6.05. The first-order valence-corrected chi connectivity index (χ1v) is 2.55. The molecule has 1 nitrogen and oxygen atoms in total. The van der Waals surface area contributed by atoms with Crippen LogP contribution in [0.15, 0.2) is 24.3 Å². The first-order chi connectivity index (χ1) is 3.68. The maximum Gasteiger partial charge on any atom is 0.0559 e. The number of hydrogen-bond donors (Lipinski definition) is 1. The second-order valence-electron chi connectivity index (χ2n) is 1.69. The van der Waals surface area contributed by atoms with Crippen molar-refractivity contribution >= 4 is 5.71 Å². The summed E-state index contributed by atoms with van der Waals surface area (Å²) in [6, 6.07) is 0. The molecule has 0 aromatic heterocycles. The molecular formula is C7H11N. The summed E-state index contributed by atoms with van der Waals surface area (Å²) < 4.78 is 0. The minimum Gasteiger partial charge on any atom is -0.301 e. The third kappa shape index (κ3) is 2.35. The highest BCUT2D eigenvalue weighted by Gasteiger charge is 1.85. The van der Waals surface area contributed by atoms with Crippen LogP contribution in [0.4, 0.5) is 0 Å². The van der Waals surface area contributed by atoms with E-state index in [0.29, 0.717) is 5.71 Å². The van der Waals surface area contributed by atoms with Gasteiger partial charge in [0.2, 0.25) is 0 Å². The van der Waals surface area contributed by atoms with Crippen molar-refractivity contribution in [2.24, 2.45) is 0 Å². The summed E-state index contributed by atoms with van der Waals surface area (Å²) in [5.74, 6) is 0. The van der Waals surface area contributed by atoms with E-state index in [9.17, 15) is 0 Å². The van der Waals surface area contributed by atoms with Crippen molar-refractivity contribution in [2.75, 3.05) is 0 Å². The molecule has 1 N–H and O–H groups in total. The highest BCUT2D eigenvalue weighted by Crippen LogP contribution is 1.90. The molecule has 0 aliphatic rings. The number of rotatable bonds is 2. The van der Waals surface area contributed by atoms with Crippen LogP contribution in [0.1, 0.15) is 13.8 Å². The summed E-state index contributed by atoms with van der Waals surface area (Å²) in [5.41, 5.74) is 1.32. The SMILES string of the molecule is C=C(C)C(=N)/C=C/C. The van der Waals surface area contributed by atoms with Gasteiger partial charge in [-0.2, -0.15) is 0 Å². The first kappa shape index (κ1) is 7.15. The quantitative estimate of drug-likeness (QED) is 0.525. The minimum atomic E-state index is 0.507. The molecule has 0 rings (SSSR count). The lowest BCUT2D eigenvalue weighted by atomic mass is 10.2. The van der Waals surface area contributed by atoms with E-state index in [4.69, 9.17) is 5.41 Å². The number of nitrogens with one attached hydrogen (secondary N) is 1. The van der Waals surface area contributed by atoms with Gasteiger partial charge in [-0.3, -0.25) is 0 Å². The Labute approximate surface area is 50.2 Å². The molecule has 0 radical (unpaired) electrons. The lowest BCUT2D eigenvalue weighted by Gasteiger charge is -1.90. The maximum atomic E-state index is 7.16. The van der Waals surface area contributed by atoms with Gasteiger partial charge in [0.05, 0.1) is 5.71 Å². The lowest BCUT2D eigenvalue weighted by molar-refractivity contribution is 1.47. The van der Waals surface area contributed by atoms with Crippen LogP contribution in [0.25, 0.3) is 0 Å². The van der Waals surface area contributed by atoms with Gasteiger partial charge in [-0.25, -0.2) is 0 Å². The van der Waals surface area contributed by atoms with Crippen LogP contribution in [-0.4, -0.2) is 5.71 Å². The smallest absolute Gasteiger partial charge is 0.0559 e. The van der Waals surface area contributed by atoms with Gasteiger partial charge >= 0.3 is 0 Å². The average molecular weight is 109 g/mol. The van der Waals surface area contributed by atoms with Crippen LogP contribution in [-0.2, 0) is 0 Å². The van der Waals surface area contributed by atoms with E-state index in [1.165, 1.54) is 0 Å². The zero-order valence-electron chi connectivity index (χ0n) is 5.36.